The van der Waals surface area contributed by atoms with Gasteiger partial charge in [-0.25, -0.2) is 0 Å². The van der Waals surface area contributed by atoms with E-state index in [1.165, 1.54) is 0 Å². The van der Waals surface area contributed by atoms with Gasteiger partial charge in [-0.05, 0) is 12.0 Å². The molecule has 0 aliphatic carbocycles. The first-order valence-corrected chi connectivity index (χ1v) is 4.25. The zero-order valence-electron chi connectivity index (χ0n) is 7.03. The van der Waals surface area contributed by atoms with E-state index in [0.717, 1.165) is 17.5 Å². The highest BCUT2D eigenvalue weighted by Gasteiger charge is 2.28. The highest BCUT2D eigenvalue weighted by atomic mass is 16.6. The van der Waals surface area contributed by atoms with Crippen molar-refractivity contribution in [3.8, 4) is 0 Å². The lowest BCUT2D eigenvalue weighted by Crippen LogP contribution is -1.95. The molecule has 0 saturated carbocycles. The summed E-state index contributed by atoms with van der Waals surface area (Å²) in [6, 6.07) is 7.82. The predicted octanol–water partition coefficient (Wildman–Crippen LogP) is 2.16. The molecule has 2 nitrogen and oxygen atoms in total. The predicted molar refractivity (Wildman–Crippen MR) is 45.5 cm³/mol. The second-order valence-corrected chi connectivity index (χ2v) is 3.01. The molecule has 0 spiro atoms. The van der Waals surface area contributed by atoms with E-state index in [2.05, 4.69) is 6.92 Å². The van der Waals surface area contributed by atoms with Gasteiger partial charge in [-0.3, -0.25) is 0 Å². The van der Waals surface area contributed by atoms with E-state index in [-0.39, 0.29) is 6.10 Å². The number of ether oxygens (including phenoxy) is 1. The maximum atomic E-state index is 9.46. The van der Waals surface area contributed by atoms with Crippen LogP contribution in [0, 0.1) is 0 Å². The quantitative estimate of drug-likeness (QED) is 0.689. The topological polar surface area (TPSA) is 29.5 Å². The van der Waals surface area contributed by atoms with Crippen LogP contribution >= 0.6 is 0 Å². The second-order valence-electron chi connectivity index (χ2n) is 3.01. The van der Waals surface area contributed by atoms with Crippen LogP contribution in [-0.2, 0) is 4.74 Å². The Morgan fingerprint density at radius 1 is 1.33 bits per heavy atom. The molecule has 12 heavy (non-hydrogen) atoms. The van der Waals surface area contributed by atoms with Crippen molar-refractivity contribution < 1.29 is 9.84 Å². The summed E-state index contributed by atoms with van der Waals surface area (Å²) in [6.07, 6.45) is 0.274. The summed E-state index contributed by atoms with van der Waals surface area (Å²) in [5.41, 5.74) is 2.05. The van der Waals surface area contributed by atoms with Gasteiger partial charge < -0.3 is 9.84 Å². The fourth-order valence-corrected chi connectivity index (χ4v) is 1.65. The number of hydrogen-bond acceptors (Lipinski definition) is 2. The molecule has 2 atom stereocenters. The average Bonchev–Trinajstić information content (AvgIpc) is 2.44. The zero-order chi connectivity index (χ0) is 8.55. The molecule has 0 radical (unpaired) electrons. The van der Waals surface area contributed by atoms with E-state index in [9.17, 15) is 5.11 Å². The molecule has 0 fully saturated rings. The first-order valence-electron chi connectivity index (χ1n) is 4.25. The standard InChI is InChI=1S/C10H12O2/c1-2-9-7-5-3-4-6-8(7)10(11)12-9/h3-6,9-11H,2H2,1H3/t9-,10?/m0/s1. The first kappa shape index (κ1) is 7.77. The molecule has 0 saturated heterocycles. The summed E-state index contributed by atoms with van der Waals surface area (Å²) in [6.45, 7) is 2.06. The summed E-state index contributed by atoms with van der Waals surface area (Å²) in [5.74, 6) is 0. The lowest BCUT2D eigenvalue weighted by molar-refractivity contribution is -0.121. The van der Waals surface area contributed by atoms with E-state index in [4.69, 9.17) is 4.74 Å². The Morgan fingerprint density at radius 2 is 2.00 bits per heavy atom. The largest absolute Gasteiger partial charge is 0.364 e. The van der Waals surface area contributed by atoms with Crippen LogP contribution in [0.15, 0.2) is 24.3 Å². The molecule has 1 N–H and O–H groups in total. The van der Waals surface area contributed by atoms with Crippen LogP contribution in [0.25, 0.3) is 0 Å². The lowest BCUT2D eigenvalue weighted by Gasteiger charge is -2.06. The maximum absolute atomic E-state index is 9.46. The Morgan fingerprint density at radius 3 is 2.67 bits per heavy atom. The van der Waals surface area contributed by atoms with Gasteiger partial charge in [-0.2, -0.15) is 0 Å². The van der Waals surface area contributed by atoms with Gasteiger partial charge in [0.2, 0.25) is 0 Å². The van der Waals surface area contributed by atoms with Crippen molar-refractivity contribution in [2.24, 2.45) is 0 Å². The van der Waals surface area contributed by atoms with Crippen molar-refractivity contribution in [2.45, 2.75) is 25.7 Å². The number of hydrogen-bond donors (Lipinski definition) is 1. The third-order valence-electron chi connectivity index (χ3n) is 2.27. The molecule has 2 heteroatoms. The van der Waals surface area contributed by atoms with Crippen molar-refractivity contribution in [1.82, 2.24) is 0 Å². The van der Waals surface area contributed by atoms with Crippen LogP contribution < -0.4 is 0 Å². The lowest BCUT2D eigenvalue weighted by atomic mass is 10.0. The van der Waals surface area contributed by atoms with Gasteiger partial charge in [0.1, 0.15) is 0 Å². The van der Waals surface area contributed by atoms with Crippen molar-refractivity contribution in [2.75, 3.05) is 0 Å². The van der Waals surface area contributed by atoms with E-state index in [1.54, 1.807) is 0 Å². The molecule has 1 heterocycles. The molecule has 1 aromatic rings. The Kier molecular flexibility index (Phi) is 1.87. The second kappa shape index (κ2) is 2.88. The van der Waals surface area contributed by atoms with E-state index in [0.29, 0.717) is 0 Å². The van der Waals surface area contributed by atoms with Gasteiger partial charge in [-0.1, -0.05) is 31.2 Å². The normalized spacial score (nSPS) is 27.2. The molecule has 1 aliphatic heterocycles. The van der Waals surface area contributed by atoms with Crippen molar-refractivity contribution in [3.05, 3.63) is 35.4 Å². The van der Waals surface area contributed by atoms with Gasteiger partial charge in [0.05, 0.1) is 6.10 Å². The average molecular weight is 164 g/mol. The minimum Gasteiger partial charge on any atom is -0.364 e. The summed E-state index contributed by atoms with van der Waals surface area (Å²) in [5, 5.41) is 9.46. The van der Waals surface area contributed by atoms with Crippen molar-refractivity contribution >= 4 is 0 Å². The Bertz CT molecular complexity index is 283. The van der Waals surface area contributed by atoms with Gasteiger partial charge in [0.15, 0.2) is 6.29 Å². The molecule has 0 aromatic heterocycles. The molecule has 64 valence electrons. The number of rotatable bonds is 1. The van der Waals surface area contributed by atoms with Crippen LogP contribution in [0.5, 0.6) is 0 Å². The Balaban J connectivity index is 2.43. The molecular weight excluding hydrogens is 152 g/mol. The van der Waals surface area contributed by atoms with E-state index < -0.39 is 6.29 Å². The first-order chi connectivity index (χ1) is 5.83. The van der Waals surface area contributed by atoms with Gasteiger partial charge in [0.25, 0.3) is 0 Å². The van der Waals surface area contributed by atoms with Crippen molar-refractivity contribution in [1.29, 1.82) is 0 Å². The summed E-state index contributed by atoms with van der Waals surface area (Å²) < 4.78 is 5.34. The fourth-order valence-electron chi connectivity index (χ4n) is 1.65. The van der Waals surface area contributed by atoms with Gasteiger partial charge in [0, 0.05) is 5.56 Å². The van der Waals surface area contributed by atoms with Crippen LogP contribution in [-0.4, -0.2) is 5.11 Å². The van der Waals surface area contributed by atoms with E-state index in [1.807, 2.05) is 24.3 Å². The van der Waals surface area contributed by atoms with Crippen LogP contribution in [0.4, 0.5) is 0 Å². The Labute approximate surface area is 71.8 Å². The molecule has 0 bridgehead atoms. The monoisotopic (exact) mass is 164 g/mol. The zero-order valence-corrected chi connectivity index (χ0v) is 7.03. The van der Waals surface area contributed by atoms with Crippen LogP contribution in [0.1, 0.15) is 36.9 Å². The minimum atomic E-state index is -0.717. The molecule has 1 aromatic carbocycles. The third kappa shape index (κ3) is 1.04. The van der Waals surface area contributed by atoms with Crippen LogP contribution in [0.3, 0.4) is 0 Å². The summed E-state index contributed by atoms with van der Waals surface area (Å²) >= 11 is 0. The smallest absolute Gasteiger partial charge is 0.182 e. The highest BCUT2D eigenvalue weighted by molar-refractivity contribution is 5.32. The van der Waals surface area contributed by atoms with Crippen LogP contribution in [0.2, 0.25) is 0 Å². The summed E-state index contributed by atoms with van der Waals surface area (Å²) in [4.78, 5) is 0. The fraction of sp³-hybridized carbons (Fsp3) is 0.400. The number of aliphatic hydroxyl groups excluding tert-OH is 1. The number of aliphatic hydroxyl groups is 1. The van der Waals surface area contributed by atoms with Crippen molar-refractivity contribution in [3.63, 3.8) is 0 Å². The molecule has 2 rings (SSSR count). The van der Waals surface area contributed by atoms with Gasteiger partial charge >= 0.3 is 0 Å². The number of benzene rings is 1. The van der Waals surface area contributed by atoms with E-state index >= 15 is 0 Å². The highest BCUT2D eigenvalue weighted by Crippen LogP contribution is 2.38. The molecular formula is C10H12O2. The molecule has 0 amide bonds. The number of fused-ring (bicyclic) bond motifs is 1. The molecule has 1 unspecified atom stereocenters. The molecule has 1 aliphatic rings. The summed E-state index contributed by atoms with van der Waals surface area (Å²) in [7, 11) is 0. The maximum Gasteiger partial charge on any atom is 0.182 e. The third-order valence-corrected chi connectivity index (χ3v) is 2.27. The Hall–Kier alpha value is -0.860. The van der Waals surface area contributed by atoms with Gasteiger partial charge in [-0.15, -0.1) is 0 Å². The minimum absolute atomic E-state index is 0.0798. The SMILES string of the molecule is CC[C@@H]1OC(O)c2ccccc21.